The highest BCUT2D eigenvalue weighted by atomic mass is 32.2. The van der Waals surface area contributed by atoms with Crippen molar-refractivity contribution in [3.05, 3.63) is 18.2 Å². The number of anilines is 1. The molecule has 1 aromatic rings. The van der Waals surface area contributed by atoms with Gasteiger partial charge in [-0.25, -0.2) is 27.9 Å². The van der Waals surface area contributed by atoms with Crippen LogP contribution >= 0.6 is 0 Å². The topological polar surface area (TPSA) is 89.2 Å². The summed E-state index contributed by atoms with van der Waals surface area (Å²) >= 11 is 0. The first-order valence-corrected chi connectivity index (χ1v) is 7.21. The van der Waals surface area contributed by atoms with E-state index >= 15 is 0 Å². The molecule has 0 radical (unpaired) electrons. The van der Waals surface area contributed by atoms with Crippen LogP contribution in [0.15, 0.2) is 12.4 Å². The van der Waals surface area contributed by atoms with Gasteiger partial charge in [0.15, 0.2) is 5.82 Å². The van der Waals surface area contributed by atoms with Crippen molar-refractivity contribution in [3.8, 4) is 0 Å². The number of primary sulfonamides is 1. The molecule has 2 heterocycles. The zero-order chi connectivity index (χ0) is 13.3. The molecule has 0 unspecified atom stereocenters. The number of aromatic nitrogens is 2. The fourth-order valence-corrected chi connectivity index (χ4v) is 3.15. The van der Waals surface area contributed by atoms with Gasteiger partial charge in [-0.3, -0.25) is 0 Å². The fraction of sp³-hybridized carbons (Fsp3) is 0.600. The maximum atomic E-state index is 12.7. The molecule has 0 spiro atoms. The van der Waals surface area contributed by atoms with E-state index in [9.17, 15) is 12.8 Å². The van der Waals surface area contributed by atoms with E-state index < -0.39 is 21.1 Å². The van der Waals surface area contributed by atoms with Crippen LogP contribution in [0.25, 0.3) is 0 Å². The van der Waals surface area contributed by atoms with Crippen LogP contribution in [0.4, 0.5) is 10.3 Å². The zero-order valence-corrected chi connectivity index (χ0v) is 10.8. The largest absolute Gasteiger partial charge is 0.339 e. The standard InChI is InChI=1S/C10H15FN4O2S/c1-7-2-9(18(12,16)17)6-15(5-7)10-13-3-8(11)4-14-10/h3-4,7,9H,2,5-6H2,1H3,(H2,12,16,17)/t7-,9-/m1/s1. The summed E-state index contributed by atoms with van der Waals surface area (Å²) in [6, 6.07) is 0. The molecule has 100 valence electrons. The maximum absolute atomic E-state index is 12.7. The Kier molecular flexibility index (Phi) is 3.49. The molecule has 0 aromatic carbocycles. The average molecular weight is 274 g/mol. The van der Waals surface area contributed by atoms with Gasteiger partial charge in [0.25, 0.3) is 0 Å². The van der Waals surface area contributed by atoms with Crippen LogP contribution in [0, 0.1) is 11.7 Å². The molecular formula is C10H15FN4O2S. The predicted octanol–water partition coefficient (Wildman–Crippen LogP) is 0.119. The van der Waals surface area contributed by atoms with Crippen molar-refractivity contribution >= 4 is 16.0 Å². The van der Waals surface area contributed by atoms with Gasteiger partial charge in [0.05, 0.1) is 17.6 Å². The van der Waals surface area contributed by atoms with Crippen LogP contribution in [-0.4, -0.2) is 36.7 Å². The summed E-state index contributed by atoms with van der Waals surface area (Å²) in [7, 11) is -3.58. The third-order valence-corrected chi connectivity index (χ3v) is 4.25. The average Bonchev–Trinajstić information content (AvgIpc) is 2.28. The lowest BCUT2D eigenvalue weighted by molar-refractivity contribution is 0.434. The van der Waals surface area contributed by atoms with Crippen molar-refractivity contribution in [2.75, 3.05) is 18.0 Å². The Labute approximate surface area is 105 Å². The minimum Gasteiger partial charge on any atom is -0.339 e. The lowest BCUT2D eigenvalue weighted by atomic mass is 10.0. The summed E-state index contributed by atoms with van der Waals surface area (Å²) < 4.78 is 35.6. The van der Waals surface area contributed by atoms with Crippen molar-refractivity contribution in [2.24, 2.45) is 11.1 Å². The lowest BCUT2D eigenvalue weighted by Gasteiger charge is -2.35. The van der Waals surface area contributed by atoms with Crippen LogP contribution in [-0.2, 0) is 10.0 Å². The number of halogens is 1. The van der Waals surface area contributed by atoms with E-state index in [-0.39, 0.29) is 12.5 Å². The van der Waals surface area contributed by atoms with Gasteiger partial charge in [-0.1, -0.05) is 6.92 Å². The second kappa shape index (κ2) is 4.77. The summed E-state index contributed by atoms with van der Waals surface area (Å²) in [4.78, 5) is 9.44. The molecule has 0 aliphatic carbocycles. The highest BCUT2D eigenvalue weighted by molar-refractivity contribution is 7.89. The van der Waals surface area contributed by atoms with Crippen molar-refractivity contribution in [2.45, 2.75) is 18.6 Å². The zero-order valence-electron chi connectivity index (χ0n) is 9.95. The van der Waals surface area contributed by atoms with Crippen molar-refractivity contribution in [1.82, 2.24) is 9.97 Å². The molecule has 1 aliphatic rings. The molecule has 1 aromatic heterocycles. The quantitative estimate of drug-likeness (QED) is 0.827. The molecule has 2 N–H and O–H groups in total. The van der Waals surface area contributed by atoms with Crippen LogP contribution in [0.5, 0.6) is 0 Å². The second-order valence-corrected chi connectivity index (χ2v) is 6.50. The third kappa shape index (κ3) is 2.94. The molecule has 2 rings (SSSR count). The Bertz CT molecular complexity index is 519. The van der Waals surface area contributed by atoms with E-state index in [1.54, 1.807) is 4.90 Å². The van der Waals surface area contributed by atoms with E-state index in [0.717, 1.165) is 12.4 Å². The van der Waals surface area contributed by atoms with Crippen LogP contribution in [0.1, 0.15) is 13.3 Å². The molecule has 18 heavy (non-hydrogen) atoms. The van der Waals surface area contributed by atoms with E-state index in [1.165, 1.54) is 0 Å². The number of hydrogen-bond acceptors (Lipinski definition) is 5. The van der Waals surface area contributed by atoms with E-state index in [4.69, 9.17) is 5.14 Å². The summed E-state index contributed by atoms with van der Waals surface area (Å²) in [6.07, 6.45) is 2.65. The summed E-state index contributed by atoms with van der Waals surface area (Å²) in [5.41, 5.74) is 0. The maximum Gasteiger partial charge on any atom is 0.225 e. The van der Waals surface area contributed by atoms with E-state index in [1.807, 2.05) is 6.92 Å². The molecule has 8 heteroatoms. The summed E-state index contributed by atoms with van der Waals surface area (Å²) in [5.74, 6) is -0.0286. The fourth-order valence-electron chi connectivity index (χ4n) is 2.16. The van der Waals surface area contributed by atoms with Gasteiger partial charge in [-0.2, -0.15) is 0 Å². The number of nitrogens with zero attached hydrogens (tertiary/aromatic N) is 3. The van der Waals surface area contributed by atoms with Crippen LogP contribution in [0.2, 0.25) is 0 Å². The first kappa shape index (κ1) is 13.2. The van der Waals surface area contributed by atoms with Gasteiger partial charge in [0, 0.05) is 13.1 Å². The molecule has 0 saturated carbocycles. The van der Waals surface area contributed by atoms with Gasteiger partial charge < -0.3 is 4.90 Å². The molecule has 1 saturated heterocycles. The van der Waals surface area contributed by atoms with Gasteiger partial charge >= 0.3 is 0 Å². The van der Waals surface area contributed by atoms with Crippen LogP contribution in [0.3, 0.4) is 0 Å². The van der Waals surface area contributed by atoms with Crippen molar-refractivity contribution in [3.63, 3.8) is 0 Å². The number of rotatable bonds is 2. The minimum atomic E-state index is -3.58. The van der Waals surface area contributed by atoms with Gasteiger partial charge in [-0.05, 0) is 12.3 Å². The molecule has 0 amide bonds. The normalized spacial score (nSPS) is 25.2. The Morgan fingerprint density at radius 2 is 2.00 bits per heavy atom. The molecule has 1 aliphatic heterocycles. The van der Waals surface area contributed by atoms with E-state index in [0.29, 0.717) is 18.9 Å². The first-order valence-electron chi connectivity index (χ1n) is 5.60. The highest BCUT2D eigenvalue weighted by Crippen LogP contribution is 2.23. The summed E-state index contributed by atoms with van der Waals surface area (Å²) in [5, 5.41) is 4.55. The van der Waals surface area contributed by atoms with Crippen LogP contribution < -0.4 is 10.0 Å². The van der Waals surface area contributed by atoms with Gasteiger partial charge in [-0.15, -0.1) is 0 Å². The highest BCUT2D eigenvalue weighted by Gasteiger charge is 2.32. The smallest absolute Gasteiger partial charge is 0.225 e. The van der Waals surface area contributed by atoms with Gasteiger partial charge in [0.2, 0.25) is 16.0 Å². The first-order chi connectivity index (χ1) is 8.36. The van der Waals surface area contributed by atoms with Crippen molar-refractivity contribution < 1.29 is 12.8 Å². The van der Waals surface area contributed by atoms with E-state index in [2.05, 4.69) is 9.97 Å². The molecular weight excluding hydrogens is 259 g/mol. The SMILES string of the molecule is C[C@@H]1C[C@@H](S(N)(=O)=O)CN(c2ncc(F)cn2)C1. The Morgan fingerprint density at radius 1 is 1.39 bits per heavy atom. The molecule has 0 bridgehead atoms. The number of sulfonamides is 1. The minimum absolute atomic E-state index is 0.163. The number of hydrogen-bond donors (Lipinski definition) is 1. The lowest BCUT2D eigenvalue weighted by Crippen LogP contribution is -2.48. The number of nitrogens with two attached hydrogens (primary N) is 1. The number of piperidine rings is 1. The Morgan fingerprint density at radius 3 is 2.56 bits per heavy atom. The third-order valence-electron chi connectivity index (χ3n) is 2.98. The predicted molar refractivity (Wildman–Crippen MR) is 64.9 cm³/mol. The van der Waals surface area contributed by atoms with Gasteiger partial charge in [0.1, 0.15) is 0 Å². The Balaban J connectivity index is 2.21. The monoisotopic (exact) mass is 274 g/mol. The Hall–Kier alpha value is -1.28. The molecule has 1 fully saturated rings. The summed E-state index contributed by atoms with van der Waals surface area (Å²) in [6.45, 7) is 2.82. The van der Waals surface area contributed by atoms with Crippen molar-refractivity contribution in [1.29, 1.82) is 0 Å². The molecule has 2 atom stereocenters. The molecule has 6 nitrogen and oxygen atoms in total. The second-order valence-electron chi connectivity index (χ2n) is 4.66.